The minimum absolute atomic E-state index is 0.327. The van der Waals surface area contributed by atoms with Crippen LogP contribution >= 0.6 is 0 Å². The number of aryl methyl sites for hydroxylation is 2. The summed E-state index contributed by atoms with van der Waals surface area (Å²) in [6.45, 7) is 3.87. The van der Waals surface area contributed by atoms with E-state index in [1.807, 2.05) is 18.2 Å². The second kappa shape index (κ2) is 10.4. The van der Waals surface area contributed by atoms with Crippen molar-refractivity contribution in [3.8, 4) is 5.75 Å². The van der Waals surface area contributed by atoms with Gasteiger partial charge in [0, 0.05) is 59.8 Å². The fourth-order valence-electron chi connectivity index (χ4n) is 5.29. The first kappa shape index (κ1) is 23.9. The van der Waals surface area contributed by atoms with E-state index in [1.165, 1.54) is 39.5 Å². The van der Waals surface area contributed by atoms with E-state index in [2.05, 4.69) is 58.3 Å². The third kappa shape index (κ3) is 5.08. The molecule has 0 fully saturated rings. The number of rotatable bonds is 9. The highest BCUT2D eigenvalue weighted by Crippen LogP contribution is 2.37. The number of carbonyl (C=O) groups is 1. The van der Waals surface area contributed by atoms with Crippen LogP contribution in [0.4, 0.5) is 0 Å². The van der Waals surface area contributed by atoms with Gasteiger partial charge in [0.2, 0.25) is 0 Å². The summed E-state index contributed by atoms with van der Waals surface area (Å²) in [5.41, 5.74) is 10.1. The van der Waals surface area contributed by atoms with Gasteiger partial charge in [0.15, 0.2) is 0 Å². The second-order valence-corrected chi connectivity index (χ2v) is 9.43. The quantitative estimate of drug-likeness (QED) is 0.152. The monoisotopic (exact) mass is 484 g/mol. The van der Waals surface area contributed by atoms with E-state index >= 15 is 0 Å². The molecule has 5 rings (SSSR count). The molecule has 0 bridgehead atoms. The van der Waals surface area contributed by atoms with Gasteiger partial charge in [-0.05, 0) is 78.8 Å². The van der Waals surface area contributed by atoms with Crippen LogP contribution in [0.5, 0.6) is 5.75 Å². The number of hydroxylamine groups is 1. The number of nitrogens with zero attached hydrogens (tertiary/aromatic N) is 1. The summed E-state index contributed by atoms with van der Waals surface area (Å²) < 4.78 is 5.37. The van der Waals surface area contributed by atoms with Crippen molar-refractivity contribution in [1.29, 1.82) is 0 Å². The Hall–Kier alpha value is -3.81. The van der Waals surface area contributed by atoms with E-state index in [-0.39, 0.29) is 0 Å². The number of hydrogen-bond acceptors (Lipinski definition) is 4. The molecule has 0 aliphatic heterocycles. The summed E-state index contributed by atoms with van der Waals surface area (Å²) in [6, 6.07) is 17.2. The van der Waals surface area contributed by atoms with Crippen LogP contribution in [0.25, 0.3) is 17.0 Å². The number of ether oxygens (including phenoxy) is 1. The molecule has 2 heterocycles. The molecule has 1 aliphatic carbocycles. The van der Waals surface area contributed by atoms with Gasteiger partial charge in [-0.2, -0.15) is 0 Å². The molecule has 1 aliphatic rings. The van der Waals surface area contributed by atoms with Crippen molar-refractivity contribution in [1.82, 2.24) is 20.3 Å². The van der Waals surface area contributed by atoms with Crippen LogP contribution in [-0.4, -0.2) is 39.6 Å². The molecule has 0 saturated heterocycles. The summed E-state index contributed by atoms with van der Waals surface area (Å²) in [5.74, 6) is 0.324. The molecule has 0 radical (unpaired) electrons. The molecule has 7 nitrogen and oxygen atoms in total. The average Bonchev–Trinajstić information content (AvgIpc) is 3.62. The summed E-state index contributed by atoms with van der Waals surface area (Å²) in [5, 5.41) is 9.96. The Morgan fingerprint density at radius 2 is 2.11 bits per heavy atom. The van der Waals surface area contributed by atoms with Crippen LogP contribution in [0.1, 0.15) is 46.1 Å². The molecule has 0 saturated carbocycles. The number of fused-ring (bicyclic) bond motifs is 2. The Morgan fingerprint density at radius 1 is 1.22 bits per heavy atom. The van der Waals surface area contributed by atoms with E-state index in [9.17, 15) is 4.79 Å². The Morgan fingerprint density at radius 3 is 2.89 bits per heavy atom. The minimum Gasteiger partial charge on any atom is -0.497 e. The lowest BCUT2D eigenvalue weighted by atomic mass is 10.0. The normalized spacial score (nSPS) is 15.2. The fraction of sp³-hybridized carbons (Fsp3) is 0.276. The molecule has 186 valence electrons. The number of carbonyl (C=O) groups excluding carboxylic acids is 1. The molecule has 36 heavy (non-hydrogen) atoms. The van der Waals surface area contributed by atoms with E-state index < -0.39 is 5.91 Å². The number of aromatic nitrogens is 2. The molecule has 1 amide bonds. The maximum atomic E-state index is 11.4. The van der Waals surface area contributed by atoms with Crippen LogP contribution < -0.4 is 10.2 Å². The van der Waals surface area contributed by atoms with Crippen LogP contribution in [0.2, 0.25) is 0 Å². The summed E-state index contributed by atoms with van der Waals surface area (Å²) in [7, 11) is 1.69. The predicted octanol–water partition coefficient (Wildman–Crippen LogP) is 5.06. The third-order valence-electron chi connectivity index (χ3n) is 7.10. The summed E-state index contributed by atoms with van der Waals surface area (Å²) in [6.07, 6.45) is 8.18. The second-order valence-electron chi connectivity index (χ2n) is 9.43. The Labute approximate surface area is 210 Å². The zero-order chi connectivity index (χ0) is 25.1. The maximum Gasteiger partial charge on any atom is 0.267 e. The first-order chi connectivity index (χ1) is 17.5. The largest absolute Gasteiger partial charge is 0.497 e. The molecule has 7 heteroatoms. The van der Waals surface area contributed by atoms with Gasteiger partial charge in [-0.15, -0.1) is 0 Å². The SMILES string of the molecule is COc1ccc2c(CCN(Cc3ccc(C)[nH]3)C3CCc4cc(C=CC(=O)NO)ccc43)c[nH]c2c1. The first-order valence-corrected chi connectivity index (χ1v) is 12.3. The lowest BCUT2D eigenvalue weighted by Gasteiger charge is -2.29. The Kier molecular flexibility index (Phi) is 6.93. The molecule has 4 aromatic rings. The minimum atomic E-state index is -0.531. The number of amides is 1. The summed E-state index contributed by atoms with van der Waals surface area (Å²) >= 11 is 0. The lowest BCUT2D eigenvalue weighted by Crippen LogP contribution is -2.29. The van der Waals surface area contributed by atoms with Gasteiger partial charge in [0.05, 0.1) is 7.11 Å². The summed E-state index contributed by atoms with van der Waals surface area (Å²) in [4.78, 5) is 20.8. The van der Waals surface area contributed by atoms with Crippen molar-refractivity contribution in [2.45, 2.75) is 38.8 Å². The first-order valence-electron chi connectivity index (χ1n) is 12.3. The van der Waals surface area contributed by atoms with Crippen molar-refractivity contribution in [3.63, 3.8) is 0 Å². The molecule has 1 unspecified atom stereocenters. The van der Waals surface area contributed by atoms with Gasteiger partial charge in [-0.25, -0.2) is 5.48 Å². The van der Waals surface area contributed by atoms with Gasteiger partial charge in [0.1, 0.15) is 5.75 Å². The molecule has 1 atom stereocenters. The van der Waals surface area contributed by atoms with Crippen molar-refractivity contribution in [2.75, 3.05) is 13.7 Å². The van der Waals surface area contributed by atoms with Crippen molar-refractivity contribution in [2.24, 2.45) is 0 Å². The highest BCUT2D eigenvalue weighted by Gasteiger charge is 2.28. The van der Waals surface area contributed by atoms with Crippen LogP contribution in [0.3, 0.4) is 0 Å². The van der Waals surface area contributed by atoms with E-state index in [0.717, 1.165) is 49.2 Å². The topological polar surface area (TPSA) is 93.4 Å². The zero-order valence-corrected chi connectivity index (χ0v) is 20.7. The maximum absolute atomic E-state index is 11.4. The van der Waals surface area contributed by atoms with Crippen LogP contribution in [-0.2, 0) is 24.2 Å². The van der Waals surface area contributed by atoms with E-state index in [1.54, 1.807) is 18.7 Å². The van der Waals surface area contributed by atoms with Gasteiger partial charge in [0.25, 0.3) is 5.91 Å². The van der Waals surface area contributed by atoms with Gasteiger partial charge < -0.3 is 14.7 Å². The molecule has 2 aromatic heterocycles. The van der Waals surface area contributed by atoms with Crippen LogP contribution in [0, 0.1) is 6.92 Å². The van der Waals surface area contributed by atoms with E-state index in [4.69, 9.17) is 9.94 Å². The van der Waals surface area contributed by atoms with Gasteiger partial charge in [-0.3, -0.25) is 14.9 Å². The smallest absolute Gasteiger partial charge is 0.267 e. The standard InChI is InChI=1S/C29H32N4O3/c1-19-3-7-23(31-19)18-33(14-13-22-17-30-27-16-24(36-2)8-10-25(22)27)28-11-6-21-15-20(4-9-26(21)28)5-12-29(34)32-35/h3-5,7-10,12,15-17,28,30-31,35H,6,11,13-14,18H2,1-2H3,(H,32,34). The van der Waals surface area contributed by atoms with Crippen molar-refractivity contribution in [3.05, 3.63) is 94.4 Å². The zero-order valence-electron chi connectivity index (χ0n) is 20.7. The molecular formula is C29H32N4O3. The lowest BCUT2D eigenvalue weighted by molar-refractivity contribution is -0.124. The number of H-pyrrole nitrogens is 2. The van der Waals surface area contributed by atoms with Crippen molar-refractivity contribution >= 4 is 22.9 Å². The number of benzene rings is 2. The third-order valence-corrected chi connectivity index (χ3v) is 7.10. The highest BCUT2D eigenvalue weighted by molar-refractivity contribution is 5.90. The number of methoxy groups -OCH3 is 1. The average molecular weight is 485 g/mol. The number of hydrogen-bond donors (Lipinski definition) is 4. The highest BCUT2D eigenvalue weighted by atomic mass is 16.5. The molecule has 2 aromatic carbocycles. The van der Waals surface area contributed by atoms with E-state index in [0.29, 0.717) is 6.04 Å². The Balaban J connectivity index is 1.38. The molecule has 4 N–H and O–H groups in total. The van der Waals surface area contributed by atoms with Gasteiger partial charge >= 0.3 is 0 Å². The van der Waals surface area contributed by atoms with Crippen molar-refractivity contribution < 1.29 is 14.7 Å². The molecule has 0 spiro atoms. The Bertz CT molecular complexity index is 1400. The predicted molar refractivity (Wildman–Crippen MR) is 141 cm³/mol. The van der Waals surface area contributed by atoms with Crippen LogP contribution in [0.15, 0.2) is 60.8 Å². The molecular weight excluding hydrogens is 452 g/mol. The number of aromatic amines is 2. The fourth-order valence-corrected chi connectivity index (χ4v) is 5.29. The number of nitrogens with one attached hydrogen (secondary N) is 3. The van der Waals surface area contributed by atoms with Gasteiger partial charge in [-0.1, -0.05) is 18.2 Å².